The molecule has 166 valence electrons. The zero-order valence-corrected chi connectivity index (χ0v) is 18.8. The van der Waals surface area contributed by atoms with E-state index in [1.807, 2.05) is 24.3 Å². The van der Waals surface area contributed by atoms with Gasteiger partial charge in [-0.3, -0.25) is 4.90 Å². The van der Waals surface area contributed by atoms with Gasteiger partial charge in [-0.25, -0.2) is 0 Å². The molecule has 0 spiro atoms. The van der Waals surface area contributed by atoms with Crippen molar-refractivity contribution in [2.45, 2.75) is 26.1 Å². The van der Waals surface area contributed by atoms with Crippen LogP contribution in [0.2, 0.25) is 5.28 Å². The summed E-state index contributed by atoms with van der Waals surface area (Å²) in [6.45, 7) is 4.46. The molecule has 2 heterocycles. The molecule has 1 fully saturated rings. The van der Waals surface area contributed by atoms with Gasteiger partial charge in [0.2, 0.25) is 5.28 Å². The van der Waals surface area contributed by atoms with Crippen molar-refractivity contribution in [2.24, 2.45) is 0 Å². The molecule has 0 atom stereocenters. The Morgan fingerprint density at radius 2 is 1.66 bits per heavy atom. The number of methoxy groups -OCH3 is 1. The van der Waals surface area contributed by atoms with Crippen LogP contribution in [-0.4, -0.2) is 41.3 Å². The summed E-state index contributed by atoms with van der Waals surface area (Å²) in [6, 6.07) is 16.3. The number of benzene rings is 2. The first-order chi connectivity index (χ1) is 15.6. The van der Waals surface area contributed by atoms with Crippen LogP contribution in [0, 0.1) is 5.41 Å². The molecule has 3 aromatic rings. The highest BCUT2D eigenvalue weighted by atomic mass is 35.5. The van der Waals surface area contributed by atoms with E-state index in [9.17, 15) is 0 Å². The van der Waals surface area contributed by atoms with Crippen LogP contribution in [0.1, 0.15) is 28.7 Å². The Balaban J connectivity index is 1.44. The number of halogens is 1. The highest BCUT2D eigenvalue weighted by Gasteiger charge is 2.15. The average Bonchev–Trinajstić information content (AvgIpc) is 2.79. The lowest BCUT2D eigenvalue weighted by Gasteiger charge is -2.30. The van der Waals surface area contributed by atoms with E-state index in [-0.39, 0.29) is 5.28 Å². The highest BCUT2D eigenvalue weighted by molar-refractivity contribution is 6.28. The Kier molecular flexibility index (Phi) is 7.19. The smallest absolute Gasteiger partial charge is 0.226 e. The molecule has 4 rings (SSSR count). The third kappa shape index (κ3) is 5.55. The first-order valence-corrected chi connectivity index (χ1v) is 11.0. The first-order valence-electron chi connectivity index (χ1n) is 10.6. The molecule has 7 nitrogen and oxygen atoms in total. The van der Waals surface area contributed by atoms with E-state index >= 15 is 0 Å². The first kappa shape index (κ1) is 22.0. The third-order valence-electron chi connectivity index (χ3n) is 5.49. The molecule has 8 heteroatoms. The largest absolute Gasteiger partial charge is 0.497 e. The maximum atomic E-state index is 7.90. The van der Waals surface area contributed by atoms with Crippen molar-refractivity contribution in [2.75, 3.05) is 30.8 Å². The van der Waals surface area contributed by atoms with Gasteiger partial charge in [-0.05, 0) is 59.9 Å². The summed E-state index contributed by atoms with van der Waals surface area (Å²) in [5.41, 5.74) is 4.09. The van der Waals surface area contributed by atoms with Crippen molar-refractivity contribution >= 4 is 29.5 Å². The van der Waals surface area contributed by atoms with Gasteiger partial charge in [0.25, 0.3) is 0 Å². The molecule has 32 heavy (non-hydrogen) atoms. The van der Waals surface area contributed by atoms with Gasteiger partial charge in [0.1, 0.15) is 17.4 Å². The summed E-state index contributed by atoms with van der Waals surface area (Å²) in [4.78, 5) is 11.0. The van der Waals surface area contributed by atoms with Gasteiger partial charge >= 0.3 is 0 Å². The van der Waals surface area contributed by atoms with Gasteiger partial charge in [0.15, 0.2) is 0 Å². The number of hydrogen-bond donors (Lipinski definition) is 3. The maximum Gasteiger partial charge on any atom is 0.226 e. The fourth-order valence-electron chi connectivity index (χ4n) is 3.60. The fraction of sp³-hybridized carbons (Fsp3) is 0.292. The van der Waals surface area contributed by atoms with Crippen LogP contribution in [0.3, 0.4) is 0 Å². The van der Waals surface area contributed by atoms with Crippen LogP contribution in [0.5, 0.6) is 5.75 Å². The number of anilines is 2. The molecule has 0 bridgehead atoms. The second kappa shape index (κ2) is 10.4. The number of ether oxygens (including phenoxy) is 1. The second-order valence-corrected chi connectivity index (χ2v) is 8.09. The Morgan fingerprint density at radius 3 is 2.25 bits per heavy atom. The lowest BCUT2D eigenvalue weighted by Crippen LogP contribution is -2.36. The summed E-state index contributed by atoms with van der Waals surface area (Å²) in [5.74, 6) is 1.86. The quantitative estimate of drug-likeness (QED) is 0.310. The fourth-order valence-corrected chi connectivity index (χ4v) is 3.77. The average molecular weight is 451 g/mol. The van der Waals surface area contributed by atoms with Gasteiger partial charge in [0.05, 0.1) is 12.7 Å². The molecule has 3 N–H and O–H groups in total. The van der Waals surface area contributed by atoms with Gasteiger partial charge in [0, 0.05) is 25.8 Å². The highest BCUT2D eigenvalue weighted by Crippen LogP contribution is 2.23. The van der Waals surface area contributed by atoms with E-state index < -0.39 is 0 Å². The summed E-state index contributed by atoms with van der Waals surface area (Å²) in [5, 5.41) is 14.6. The van der Waals surface area contributed by atoms with Crippen molar-refractivity contribution < 1.29 is 4.74 Å². The predicted octanol–water partition coefficient (Wildman–Crippen LogP) is 4.57. The van der Waals surface area contributed by atoms with E-state index in [1.165, 1.54) is 31.3 Å². The minimum absolute atomic E-state index is 0.127. The van der Waals surface area contributed by atoms with E-state index in [1.54, 1.807) is 7.11 Å². The Labute approximate surface area is 193 Å². The maximum absolute atomic E-state index is 7.90. The molecule has 0 saturated carbocycles. The van der Waals surface area contributed by atoms with Crippen LogP contribution in [-0.2, 0) is 19.6 Å². The van der Waals surface area contributed by atoms with Gasteiger partial charge in [-0.2, -0.15) is 9.97 Å². The normalized spacial score (nSPS) is 13.3. The molecular weight excluding hydrogens is 424 g/mol. The van der Waals surface area contributed by atoms with Gasteiger partial charge < -0.3 is 20.8 Å². The topological polar surface area (TPSA) is 86.2 Å². The van der Waals surface area contributed by atoms with Gasteiger partial charge in [-0.1, -0.05) is 36.4 Å². The molecule has 0 radical (unpaired) electrons. The molecule has 1 saturated heterocycles. The van der Waals surface area contributed by atoms with Crippen molar-refractivity contribution in [3.63, 3.8) is 0 Å². The minimum Gasteiger partial charge on any atom is -0.497 e. The SMILES string of the molecule is COc1ccc(CNc2nc(Cl)nc(NCc3cccc(CN4CCC4)c3)c2C=N)cc1. The Hall–Kier alpha value is -3.16. The number of nitrogens with zero attached hydrogens (tertiary/aromatic N) is 3. The van der Waals surface area contributed by atoms with Crippen LogP contribution < -0.4 is 15.4 Å². The van der Waals surface area contributed by atoms with Crippen molar-refractivity contribution in [1.29, 1.82) is 5.41 Å². The van der Waals surface area contributed by atoms with E-state index in [2.05, 4.69) is 49.8 Å². The zero-order valence-electron chi connectivity index (χ0n) is 18.1. The lowest BCUT2D eigenvalue weighted by atomic mass is 10.1. The number of hydrogen-bond acceptors (Lipinski definition) is 7. The number of nitrogens with one attached hydrogen (secondary N) is 3. The van der Waals surface area contributed by atoms with Crippen molar-refractivity contribution in [3.8, 4) is 5.75 Å². The summed E-state index contributed by atoms with van der Waals surface area (Å²) in [7, 11) is 1.64. The molecule has 0 aliphatic carbocycles. The van der Waals surface area contributed by atoms with Crippen LogP contribution in [0.25, 0.3) is 0 Å². The molecule has 2 aromatic carbocycles. The lowest BCUT2D eigenvalue weighted by molar-refractivity contribution is 0.172. The molecule has 1 aliphatic heterocycles. The second-order valence-electron chi connectivity index (χ2n) is 7.75. The molecule has 0 amide bonds. The van der Waals surface area contributed by atoms with Gasteiger partial charge in [-0.15, -0.1) is 0 Å². The summed E-state index contributed by atoms with van der Waals surface area (Å²) < 4.78 is 5.20. The summed E-state index contributed by atoms with van der Waals surface area (Å²) >= 11 is 6.19. The number of aromatic nitrogens is 2. The van der Waals surface area contributed by atoms with Crippen LogP contribution in [0.15, 0.2) is 48.5 Å². The van der Waals surface area contributed by atoms with E-state index in [0.29, 0.717) is 30.3 Å². The van der Waals surface area contributed by atoms with Crippen molar-refractivity contribution in [1.82, 2.24) is 14.9 Å². The summed E-state index contributed by atoms with van der Waals surface area (Å²) in [6.07, 6.45) is 2.53. The monoisotopic (exact) mass is 450 g/mol. The van der Waals surface area contributed by atoms with E-state index in [4.69, 9.17) is 21.7 Å². The number of likely N-dealkylation sites (tertiary alicyclic amines) is 1. The Bertz CT molecular complexity index is 1070. The van der Waals surface area contributed by atoms with Crippen molar-refractivity contribution in [3.05, 3.63) is 76.1 Å². The Morgan fingerprint density at radius 1 is 1.00 bits per heavy atom. The number of rotatable bonds is 10. The molecule has 1 aromatic heterocycles. The molecule has 0 unspecified atom stereocenters. The standard InChI is InChI=1S/C24H27ClN6O/c1-32-20-8-6-17(7-9-20)14-27-22-21(13-26)23(30-24(25)29-22)28-15-18-4-2-5-19(12-18)16-31-10-3-11-31/h2,4-9,12-13,26H,3,10-11,14-16H2,1H3,(H2,27,28,29,30). The van der Waals surface area contributed by atoms with Crippen LogP contribution in [0.4, 0.5) is 11.6 Å². The zero-order chi connectivity index (χ0) is 22.3. The molecule has 1 aliphatic rings. The minimum atomic E-state index is 0.127. The molecular formula is C24H27ClN6O. The predicted molar refractivity (Wildman–Crippen MR) is 129 cm³/mol. The van der Waals surface area contributed by atoms with E-state index in [0.717, 1.165) is 23.4 Å². The van der Waals surface area contributed by atoms with Crippen LogP contribution >= 0.6 is 11.6 Å². The third-order valence-corrected chi connectivity index (χ3v) is 5.66.